The van der Waals surface area contributed by atoms with Gasteiger partial charge in [-0.05, 0) is 48.5 Å². The maximum absolute atomic E-state index is 13.2. The monoisotopic (exact) mass is 464 g/mol. The zero-order valence-electron chi connectivity index (χ0n) is 17.2. The van der Waals surface area contributed by atoms with Gasteiger partial charge in [0.15, 0.2) is 0 Å². The number of nitrogens with one attached hydrogen (secondary N) is 1. The van der Waals surface area contributed by atoms with Crippen LogP contribution in [0.5, 0.6) is 0 Å². The smallest absolute Gasteiger partial charge is 0.259 e. The number of anilines is 2. The van der Waals surface area contributed by atoms with Crippen LogP contribution >= 0.6 is 22.9 Å². The molecular weight excluding hydrogens is 444 g/mol. The van der Waals surface area contributed by atoms with Gasteiger partial charge in [-0.1, -0.05) is 29.8 Å². The van der Waals surface area contributed by atoms with Gasteiger partial charge in [-0.3, -0.25) is 4.79 Å². The Hall–Kier alpha value is -3.13. The van der Waals surface area contributed by atoms with Gasteiger partial charge in [-0.2, -0.15) is 5.10 Å². The van der Waals surface area contributed by atoms with Crippen molar-refractivity contribution >= 4 is 40.2 Å². The molecule has 1 N–H and O–H groups in total. The molecule has 1 aliphatic heterocycles. The summed E-state index contributed by atoms with van der Waals surface area (Å²) in [7, 11) is 0. The molecular formula is C24H21ClN4O2S. The lowest BCUT2D eigenvalue weighted by molar-refractivity contribution is 0.102. The van der Waals surface area contributed by atoms with Gasteiger partial charge in [-0.15, -0.1) is 11.3 Å². The molecule has 3 heterocycles. The summed E-state index contributed by atoms with van der Waals surface area (Å²) in [6.45, 7) is 3.22. The molecule has 0 atom stereocenters. The first-order valence-electron chi connectivity index (χ1n) is 10.3. The first kappa shape index (κ1) is 20.8. The Labute approximate surface area is 195 Å². The van der Waals surface area contributed by atoms with Crippen molar-refractivity contribution in [3.63, 3.8) is 0 Å². The quantitative estimate of drug-likeness (QED) is 0.433. The van der Waals surface area contributed by atoms with Crippen molar-refractivity contribution in [2.75, 3.05) is 36.5 Å². The molecule has 5 rings (SSSR count). The molecule has 0 radical (unpaired) electrons. The highest BCUT2D eigenvalue weighted by Crippen LogP contribution is 2.33. The minimum atomic E-state index is -0.217. The van der Waals surface area contributed by atoms with E-state index in [1.54, 1.807) is 10.9 Å². The van der Waals surface area contributed by atoms with Crippen molar-refractivity contribution < 1.29 is 9.53 Å². The highest BCUT2D eigenvalue weighted by Gasteiger charge is 2.20. The van der Waals surface area contributed by atoms with E-state index in [0.29, 0.717) is 15.6 Å². The van der Waals surface area contributed by atoms with Gasteiger partial charge in [0.25, 0.3) is 5.91 Å². The van der Waals surface area contributed by atoms with E-state index < -0.39 is 0 Å². The van der Waals surface area contributed by atoms with Crippen LogP contribution in [-0.2, 0) is 4.74 Å². The van der Waals surface area contributed by atoms with E-state index >= 15 is 0 Å². The lowest BCUT2D eigenvalue weighted by Gasteiger charge is -2.28. The minimum Gasteiger partial charge on any atom is -0.378 e. The molecule has 0 spiro atoms. The molecule has 2 aromatic carbocycles. The van der Waals surface area contributed by atoms with Crippen LogP contribution in [0.25, 0.3) is 16.3 Å². The van der Waals surface area contributed by atoms with Crippen molar-refractivity contribution in [1.29, 1.82) is 0 Å². The van der Waals surface area contributed by atoms with Crippen LogP contribution in [0.3, 0.4) is 0 Å². The van der Waals surface area contributed by atoms with Crippen molar-refractivity contribution in [3.05, 3.63) is 82.8 Å². The lowest BCUT2D eigenvalue weighted by Crippen LogP contribution is -2.36. The largest absolute Gasteiger partial charge is 0.378 e. The van der Waals surface area contributed by atoms with E-state index in [1.165, 1.54) is 11.3 Å². The molecule has 1 aliphatic rings. The molecule has 0 unspecified atom stereocenters. The van der Waals surface area contributed by atoms with Crippen LogP contribution in [-0.4, -0.2) is 42.0 Å². The Morgan fingerprint density at radius 2 is 1.72 bits per heavy atom. The third kappa shape index (κ3) is 4.41. The van der Waals surface area contributed by atoms with E-state index in [-0.39, 0.29) is 5.91 Å². The Bertz CT molecular complexity index is 1210. The predicted molar refractivity (Wildman–Crippen MR) is 129 cm³/mol. The second kappa shape index (κ2) is 9.16. The van der Waals surface area contributed by atoms with Crippen molar-refractivity contribution in [3.8, 4) is 16.3 Å². The van der Waals surface area contributed by atoms with Gasteiger partial charge in [0.1, 0.15) is 5.69 Å². The first-order valence-corrected chi connectivity index (χ1v) is 11.5. The Balaban J connectivity index is 1.41. The molecule has 4 aromatic rings. The molecule has 0 bridgehead atoms. The topological polar surface area (TPSA) is 59.4 Å². The average Bonchev–Trinajstić information content (AvgIpc) is 3.47. The molecule has 0 aliphatic carbocycles. The van der Waals surface area contributed by atoms with Crippen molar-refractivity contribution in [1.82, 2.24) is 9.78 Å². The van der Waals surface area contributed by atoms with Gasteiger partial charge in [-0.25, -0.2) is 4.68 Å². The Kier molecular flexibility index (Phi) is 5.94. The van der Waals surface area contributed by atoms with Crippen LogP contribution in [0.2, 0.25) is 4.34 Å². The van der Waals surface area contributed by atoms with E-state index in [9.17, 15) is 4.79 Å². The number of para-hydroxylation sites is 1. The molecule has 2 aromatic heterocycles. The van der Waals surface area contributed by atoms with Crippen LogP contribution in [0.1, 0.15) is 10.4 Å². The van der Waals surface area contributed by atoms with Gasteiger partial charge >= 0.3 is 0 Å². The third-order valence-electron chi connectivity index (χ3n) is 5.29. The second-order valence-corrected chi connectivity index (χ2v) is 9.09. The number of amides is 1. The summed E-state index contributed by atoms with van der Waals surface area (Å²) in [6, 6.07) is 21.3. The summed E-state index contributed by atoms with van der Waals surface area (Å²) < 4.78 is 7.79. The summed E-state index contributed by atoms with van der Waals surface area (Å²) >= 11 is 7.55. The van der Waals surface area contributed by atoms with Gasteiger partial charge < -0.3 is 15.0 Å². The molecule has 1 fully saturated rings. The van der Waals surface area contributed by atoms with Crippen molar-refractivity contribution in [2.24, 2.45) is 0 Å². The predicted octanol–water partition coefficient (Wildman–Crippen LogP) is 5.34. The summed E-state index contributed by atoms with van der Waals surface area (Å²) in [5, 5.41) is 7.70. The minimum absolute atomic E-state index is 0.217. The Morgan fingerprint density at radius 1 is 0.969 bits per heavy atom. The number of hydrogen-bond acceptors (Lipinski definition) is 5. The summed E-state index contributed by atoms with van der Waals surface area (Å²) in [6.07, 6.45) is 1.76. The van der Waals surface area contributed by atoms with Gasteiger partial charge in [0, 0.05) is 30.7 Å². The zero-order valence-corrected chi connectivity index (χ0v) is 18.8. The number of nitrogens with zero attached hydrogens (tertiary/aromatic N) is 3. The standard InChI is InChI=1S/C24H21ClN4O2S/c25-22-11-10-21(32-22)23-20(16-29(27-23)19-4-2-1-3-5-19)24(30)26-17-6-8-18(9-7-17)28-12-14-31-15-13-28/h1-11,16H,12-15H2,(H,26,30). The number of ether oxygens (including phenoxy) is 1. The van der Waals surface area contributed by atoms with E-state index in [1.807, 2.05) is 66.7 Å². The van der Waals surface area contributed by atoms with Crippen LogP contribution < -0.4 is 10.2 Å². The summed E-state index contributed by atoms with van der Waals surface area (Å²) in [5.74, 6) is -0.217. The SMILES string of the molecule is O=C(Nc1ccc(N2CCOCC2)cc1)c1cn(-c2ccccc2)nc1-c1ccc(Cl)s1. The fraction of sp³-hybridized carbons (Fsp3) is 0.167. The maximum Gasteiger partial charge on any atom is 0.259 e. The highest BCUT2D eigenvalue weighted by atomic mass is 35.5. The van der Waals surface area contributed by atoms with Gasteiger partial charge in [0.2, 0.25) is 0 Å². The first-order chi connectivity index (χ1) is 15.7. The zero-order chi connectivity index (χ0) is 21.9. The lowest BCUT2D eigenvalue weighted by atomic mass is 10.2. The van der Waals surface area contributed by atoms with E-state index in [0.717, 1.165) is 48.2 Å². The summed E-state index contributed by atoms with van der Waals surface area (Å²) in [5.41, 5.74) is 3.83. The molecule has 6 nitrogen and oxygen atoms in total. The molecule has 0 saturated carbocycles. The summed E-state index contributed by atoms with van der Waals surface area (Å²) in [4.78, 5) is 16.3. The van der Waals surface area contributed by atoms with Crippen molar-refractivity contribution in [2.45, 2.75) is 0 Å². The average molecular weight is 465 g/mol. The number of aromatic nitrogens is 2. The van der Waals surface area contributed by atoms with E-state index in [2.05, 4.69) is 10.2 Å². The number of thiophene rings is 1. The molecule has 162 valence electrons. The number of benzene rings is 2. The number of morpholine rings is 1. The normalized spacial score (nSPS) is 13.8. The number of carbonyl (C=O) groups excluding carboxylic acids is 1. The van der Waals surface area contributed by atoms with Crippen LogP contribution in [0, 0.1) is 0 Å². The molecule has 1 saturated heterocycles. The number of rotatable bonds is 5. The highest BCUT2D eigenvalue weighted by molar-refractivity contribution is 7.19. The van der Waals surface area contributed by atoms with Crippen LogP contribution in [0.4, 0.5) is 11.4 Å². The fourth-order valence-corrected chi connectivity index (χ4v) is 4.69. The van der Waals surface area contributed by atoms with Gasteiger partial charge in [0.05, 0.1) is 33.7 Å². The van der Waals surface area contributed by atoms with Crippen LogP contribution in [0.15, 0.2) is 72.9 Å². The molecule has 8 heteroatoms. The Morgan fingerprint density at radius 3 is 2.41 bits per heavy atom. The number of hydrogen-bond donors (Lipinski definition) is 1. The number of halogens is 1. The van der Waals surface area contributed by atoms with E-state index in [4.69, 9.17) is 21.4 Å². The number of carbonyl (C=O) groups is 1. The fourth-order valence-electron chi connectivity index (χ4n) is 3.65. The molecule has 1 amide bonds. The maximum atomic E-state index is 13.2. The second-order valence-electron chi connectivity index (χ2n) is 7.38. The third-order valence-corrected chi connectivity index (χ3v) is 6.53. The molecule has 32 heavy (non-hydrogen) atoms.